The molecule has 0 N–H and O–H groups in total. The van der Waals surface area contributed by atoms with E-state index >= 15 is 0 Å². The molecule has 4 rings (SSSR count). The zero-order valence-electron chi connectivity index (χ0n) is 15.3. The van der Waals surface area contributed by atoms with Crippen molar-refractivity contribution in [3.63, 3.8) is 0 Å². The van der Waals surface area contributed by atoms with E-state index in [0.717, 1.165) is 10.3 Å². The van der Waals surface area contributed by atoms with E-state index in [1.807, 2.05) is 42.5 Å². The number of para-hydroxylation sites is 1. The monoisotopic (exact) mass is 457 g/mol. The lowest BCUT2D eigenvalue weighted by atomic mass is 10.1. The Kier molecular flexibility index (Phi) is 5.67. The zero-order chi connectivity index (χ0) is 21.3. The second kappa shape index (κ2) is 8.39. The number of rotatable bonds is 5. The van der Waals surface area contributed by atoms with Gasteiger partial charge in [-0.1, -0.05) is 70.9 Å². The van der Waals surface area contributed by atoms with Crippen LogP contribution in [0.5, 0.6) is 0 Å². The number of hydrogen-bond acceptors (Lipinski definition) is 5. The summed E-state index contributed by atoms with van der Waals surface area (Å²) in [5.41, 5.74) is 1.29. The standard InChI is InChI=1S/C21H13Cl2N3O3S/c22-16-10-9-14(26(28)29)11-15(16)20(27)25(12-13-5-2-1-3-6-13)21-24-19-17(23)7-4-8-18(19)30-21/h1-11H,12H2. The van der Waals surface area contributed by atoms with Crippen LogP contribution in [0.4, 0.5) is 10.8 Å². The van der Waals surface area contributed by atoms with Crippen molar-refractivity contribution < 1.29 is 9.72 Å². The zero-order valence-corrected chi connectivity index (χ0v) is 17.6. The lowest BCUT2D eigenvalue weighted by Gasteiger charge is -2.20. The predicted octanol–water partition coefficient (Wildman–Crippen LogP) is 6.36. The first kappa shape index (κ1) is 20.3. The second-order valence-electron chi connectivity index (χ2n) is 6.38. The van der Waals surface area contributed by atoms with Crippen molar-refractivity contribution in [2.45, 2.75) is 6.54 Å². The summed E-state index contributed by atoms with van der Waals surface area (Å²) >= 11 is 13.8. The fourth-order valence-corrected chi connectivity index (χ4v) is 4.41. The maximum atomic E-state index is 13.5. The van der Waals surface area contributed by atoms with Crippen molar-refractivity contribution in [2.75, 3.05) is 4.90 Å². The van der Waals surface area contributed by atoms with Gasteiger partial charge in [0.05, 0.1) is 31.8 Å². The number of carbonyl (C=O) groups excluding carboxylic acids is 1. The van der Waals surface area contributed by atoms with E-state index in [0.29, 0.717) is 15.7 Å². The molecule has 0 saturated carbocycles. The molecule has 1 amide bonds. The molecule has 0 spiro atoms. The Hall–Kier alpha value is -3.00. The molecule has 0 aliphatic rings. The van der Waals surface area contributed by atoms with Crippen LogP contribution in [-0.4, -0.2) is 15.8 Å². The summed E-state index contributed by atoms with van der Waals surface area (Å²) in [4.78, 5) is 30.1. The largest absolute Gasteiger partial charge is 0.279 e. The SMILES string of the molecule is O=C(c1cc([N+](=O)[O-])ccc1Cl)N(Cc1ccccc1)c1nc2c(Cl)cccc2s1. The van der Waals surface area contributed by atoms with Crippen LogP contribution in [0.3, 0.4) is 0 Å². The summed E-state index contributed by atoms with van der Waals surface area (Å²) < 4.78 is 0.827. The number of nitro benzene ring substituents is 1. The van der Waals surface area contributed by atoms with Gasteiger partial charge in [0.25, 0.3) is 11.6 Å². The second-order valence-corrected chi connectivity index (χ2v) is 8.20. The van der Waals surface area contributed by atoms with Gasteiger partial charge in [-0.2, -0.15) is 0 Å². The van der Waals surface area contributed by atoms with Crippen molar-refractivity contribution in [3.05, 3.63) is 98.0 Å². The van der Waals surface area contributed by atoms with E-state index in [1.54, 1.807) is 6.07 Å². The Morgan fingerprint density at radius 1 is 1.03 bits per heavy atom. The highest BCUT2D eigenvalue weighted by molar-refractivity contribution is 7.22. The maximum Gasteiger partial charge on any atom is 0.270 e. The van der Waals surface area contributed by atoms with Gasteiger partial charge in [-0.05, 0) is 23.8 Å². The normalized spacial score (nSPS) is 10.9. The number of nitro groups is 1. The highest BCUT2D eigenvalue weighted by Crippen LogP contribution is 2.35. The minimum Gasteiger partial charge on any atom is -0.279 e. The molecule has 30 heavy (non-hydrogen) atoms. The number of thiazole rings is 1. The molecule has 1 aromatic heterocycles. The molecular formula is C21H13Cl2N3O3S. The van der Waals surface area contributed by atoms with Crippen molar-refractivity contribution in [2.24, 2.45) is 0 Å². The lowest BCUT2D eigenvalue weighted by Crippen LogP contribution is -2.30. The van der Waals surface area contributed by atoms with E-state index in [9.17, 15) is 14.9 Å². The number of fused-ring (bicyclic) bond motifs is 1. The fraction of sp³-hybridized carbons (Fsp3) is 0.0476. The number of nitrogens with zero attached hydrogens (tertiary/aromatic N) is 3. The van der Waals surface area contributed by atoms with Gasteiger partial charge in [0.15, 0.2) is 5.13 Å². The van der Waals surface area contributed by atoms with E-state index in [-0.39, 0.29) is 22.8 Å². The average Bonchev–Trinajstić information content (AvgIpc) is 3.18. The highest BCUT2D eigenvalue weighted by atomic mass is 35.5. The Bertz CT molecular complexity index is 1260. The molecule has 0 aliphatic heterocycles. The predicted molar refractivity (Wildman–Crippen MR) is 120 cm³/mol. The minimum atomic E-state index is -0.563. The van der Waals surface area contributed by atoms with E-state index in [2.05, 4.69) is 4.98 Å². The van der Waals surface area contributed by atoms with Crippen LogP contribution >= 0.6 is 34.5 Å². The quantitative estimate of drug-likeness (QED) is 0.258. The van der Waals surface area contributed by atoms with E-state index < -0.39 is 10.8 Å². The van der Waals surface area contributed by atoms with Gasteiger partial charge in [0, 0.05) is 12.1 Å². The third-order valence-electron chi connectivity index (χ3n) is 4.41. The van der Waals surface area contributed by atoms with Gasteiger partial charge in [-0.15, -0.1) is 0 Å². The van der Waals surface area contributed by atoms with Crippen LogP contribution in [0.2, 0.25) is 10.0 Å². The molecule has 0 bridgehead atoms. The van der Waals surface area contributed by atoms with E-state index in [4.69, 9.17) is 23.2 Å². The van der Waals surface area contributed by atoms with Crippen LogP contribution in [0.25, 0.3) is 10.2 Å². The Labute approximate surface area is 185 Å². The maximum absolute atomic E-state index is 13.5. The van der Waals surface area contributed by atoms with Crippen molar-refractivity contribution in [1.29, 1.82) is 0 Å². The molecule has 0 fully saturated rings. The molecule has 150 valence electrons. The summed E-state index contributed by atoms with van der Waals surface area (Å²) in [5.74, 6) is -0.484. The number of amides is 1. The molecule has 6 nitrogen and oxygen atoms in total. The molecule has 0 unspecified atom stereocenters. The van der Waals surface area contributed by atoms with Crippen LogP contribution < -0.4 is 4.90 Å². The van der Waals surface area contributed by atoms with Gasteiger partial charge in [-0.25, -0.2) is 4.98 Å². The summed E-state index contributed by atoms with van der Waals surface area (Å²) in [6.07, 6.45) is 0. The third kappa shape index (κ3) is 4.00. The molecule has 1 heterocycles. The van der Waals surface area contributed by atoms with E-state index in [1.165, 1.54) is 34.4 Å². The van der Waals surface area contributed by atoms with Crippen LogP contribution in [0.1, 0.15) is 15.9 Å². The summed E-state index contributed by atoms with van der Waals surface area (Å²) in [6.45, 7) is 0.218. The van der Waals surface area contributed by atoms with Crippen LogP contribution in [-0.2, 0) is 6.54 Å². The average molecular weight is 458 g/mol. The highest BCUT2D eigenvalue weighted by Gasteiger charge is 2.25. The molecule has 0 radical (unpaired) electrons. The van der Waals surface area contributed by atoms with Gasteiger partial charge in [0.1, 0.15) is 5.52 Å². The first-order valence-corrected chi connectivity index (χ1v) is 10.4. The fourth-order valence-electron chi connectivity index (χ4n) is 2.95. The first-order valence-electron chi connectivity index (χ1n) is 8.79. The van der Waals surface area contributed by atoms with Crippen LogP contribution in [0, 0.1) is 10.1 Å². The number of hydrogen-bond donors (Lipinski definition) is 0. The minimum absolute atomic E-state index is 0.0344. The molecule has 0 atom stereocenters. The van der Waals surface area contributed by atoms with Crippen molar-refractivity contribution in [3.8, 4) is 0 Å². The first-order chi connectivity index (χ1) is 14.4. The molecule has 4 aromatic rings. The Morgan fingerprint density at radius 3 is 2.50 bits per heavy atom. The van der Waals surface area contributed by atoms with Gasteiger partial charge < -0.3 is 0 Å². The number of halogens is 2. The molecule has 3 aromatic carbocycles. The molecule has 0 aliphatic carbocycles. The van der Waals surface area contributed by atoms with Crippen LogP contribution in [0.15, 0.2) is 66.7 Å². The number of non-ortho nitro benzene ring substituents is 1. The summed E-state index contributed by atoms with van der Waals surface area (Å²) in [6, 6.07) is 18.6. The van der Waals surface area contributed by atoms with Crippen molar-refractivity contribution in [1.82, 2.24) is 4.98 Å². The van der Waals surface area contributed by atoms with Gasteiger partial charge in [-0.3, -0.25) is 19.8 Å². The summed E-state index contributed by atoms with van der Waals surface area (Å²) in [5, 5.41) is 12.2. The number of carbonyl (C=O) groups is 1. The topological polar surface area (TPSA) is 76.3 Å². The Morgan fingerprint density at radius 2 is 1.80 bits per heavy atom. The molecule has 9 heteroatoms. The lowest BCUT2D eigenvalue weighted by molar-refractivity contribution is -0.384. The van der Waals surface area contributed by atoms with Gasteiger partial charge >= 0.3 is 0 Å². The molecular weight excluding hydrogens is 445 g/mol. The Balaban J connectivity index is 1.82. The molecule has 0 saturated heterocycles. The number of anilines is 1. The smallest absolute Gasteiger partial charge is 0.270 e. The van der Waals surface area contributed by atoms with Crippen molar-refractivity contribution >= 4 is 61.5 Å². The van der Waals surface area contributed by atoms with Gasteiger partial charge in [0.2, 0.25) is 0 Å². The third-order valence-corrected chi connectivity index (χ3v) is 6.09. The summed E-state index contributed by atoms with van der Waals surface area (Å²) in [7, 11) is 0. The number of aromatic nitrogens is 1. The number of benzene rings is 3.